The molecule has 0 bridgehead atoms. The minimum atomic E-state index is -0.280. The Morgan fingerprint density at radius 2 is 1.74 bits per heavy atom. The van der Waals surface area contributed by atoms with Gasteiger partial charge < -0.3 is 9.64 Å². The van der Waals surface area contributed by atoms with Gasteiger partial charge in [-0.15, -0.1) is 0 Å². The Morgan fingerprint density at radius 1 is 1.04 bits per heavy atom. The highest BCUT2D eigenvalue weighted by Gasteiger charge is 2.36. The number of carbonyl (C=O) groups is 1. The van der Waals surface area contributed by atoms with E-state index in [1.54, 1.807) is 0 Å². The minimum Gasteiger partial charge on any atom is -0.349 e. The Kier molecular flexibility index (Phi) is 4.77. The molecule has 1 atom stereocenters. The minimum absolute atomic E-state index is 0.0827. The van der Waals surface area contributed by atoms with Gasteiger partial charge in [-0.05, 0) is 24.0 Å². The molecule has 3 nitrogen and oxygen atoms in total. The molecule has 1 unspecified atom stereocenters. The van der Waals surface area contributed by atoms with Gasteiger partial charge in [0, 0.05) is 17.7 Å². The van der Waals surface area contributed by atoms with Crippen LogP contribution in [0, 0.1) is 5.92 Å². The number of amides is 1. The van der Waals surface area contributed by atoms with Crippen molar-refractivity contribution in [2.45, 2.75) is 33.1 Å². The van der Waals surface area contributed by atoms with Crippen LogP contribution in [-0.4, -0.2) is 17.4 Å². The van der Waals surface area contributed by atoms with Crippen molar-refractivity contribution in [2.75, 3.05) is 6.54 Å². The van der Waals surface area contributed by atoms with Gasteiger partial charge in [-0.2, -0.15) is 0 Å². The number of nitrogens with zero attached hydrogens (tertiary/aromatic N) is 1. The molecule has 1 amide bonds. The van der Waals surface area contributed by atoms with Crippen LogP contribution in [0.1, 0.15) is 48.0 Å². The Labute approximate surface area is 137 Å². The molecular weight excluding hydrogens is 286 g/mol. The van der Waals surface area contributed by atoms with Gasteiger partial charge in [0.05, 0.1) is 6.61 Å². The van der Waals surface area contributed by atoms with E-state index in [1.165, 1.54) is 0 Å². The molecule has 23 heavy (non-hydrogen) atoms. The van der Waals surface area contributed by atoms with Crippen molar-refractivity contribution >= 4 is 5.91 Å². The Balaban J connectivity index is 1.79. The molecule has 3 rings (SSSR count). The standard InChI is InChI=1S/C20H23NO2/c1-15(2)12-13-21-19(22)17-10-6-7-11-18(17)20(21)23-14-16-8-4-3-5-9-16/h3-11,15,20H,12-14H2,1-2H3. The summed E-state index contributed by atoms with van der Waals surface area (Å²) in [6.07, 6.45) is 0.697. The van der Waals surface area contributed by atoms with E-state index < -0.39 is 0 Å². The maximum atomic E-state index is 12.7. The zero-order valence-corrected chi connectivity index (χ0v) is 13.7. The number of ether oxygens (including phenoxy) is 1. The van der Waals surface area contributed by atoms with E-state index in [-0.39, 0.29) is 12.1 Å². The molecule has 0 saturated heterocycles. The van der Waals surface area contributed by atoms with Crippen molar-refractivity contribution in [2.24, 2.45) is 5.92 Å². The first-order chi connectivity index (χ1) is 11.2. The van der Waals surface area contributed by atoms with E-state index in [2.05, 4.69) is 13.8 Å². The van der Waals surface area contributed by atoms with E-state index in [0.717, 1.165) is 29.7 Å². The average Bonchev–Trinajstić information content (AvgIpc) is 2.84. The summed E-state index contributed by atoms with van der Waals surface area (Å²) in [7, 11) is 0. The van der Waals surface area contributed by atoms with Crippen LogP contribution in [0.3, 0.4) is 0 Å². The summed E-state index contributed by atoms with van der Waals surface area (Å²) in [6, 6.07) is 17.9. The Hall–Kier alpha value is -2.13. The third-order valence-electron chi connectivity index (χ3n) is 4.20. The molecule has 2 aromatic rings. The third-order valence-corrected chi connectivity index (χ3v) is 4.20. The topological polar surface area (TPSA) is 29.5 Å². The van der Waals surface area contributed by atoms with Gasteiger partial charge in [0.25, 0.3) is 5.91 Å². The number of hydrogen-bond acceptors (Lipinski definition) is 2. The molecule has 2 aromatic carbocycles. The van der Waals surface area contributed by atoms with Gasteiger partial charge in [-0.1, -0.05) is 62.4 Å². The Morgan fingerprint density at radius 3 is 2.48 bits per heavy atom. The number of hydrogen-bond donors (Lipinski definition) is 0. The summed E-state index contributed by atoms with van der Waals surface area (Å²) >= 11 is 0. The lowest BCUT2D eigenvalue weighted by Gasteiger charge is -2.26. The van der Waals surface area contributed by atoms with Crippen LogP contribution in [0.5, 0.6) is 0 Å². The molecule has 3 heteroatoms. The lowest BCUT2D eigenvalue weighted by molar-refractivity contribution is -0.0496. The van der Waals surface area contributed by atoms with Crippen LogP contribution in [0.2, 0.25) is 0 Å². The molecule has 0 aliphatic carbocycles. The number of carbonyl (C=O) groups excluding carboxylic acids is 1. The molecule has 1 heterocycles. The monoisotopic (exact) mass is 309 g/mol. The first kappa shape index (κ1) is 15.8. The van der Waals surface area contributed by atoms with Crippen molar-refractivity contribution in [3.8, 4) is 0 Å². The highest BCUT2D eigenvalue weighted by Crippen LogP contribution is 2.35. The van der Waals surface area contributed by atoms with Crippen LogP contribution >= 0.6 is 0 Å². The largest absolute Gasteiger partial charge is 0.349 e. The molecule has 0 radical (unpaired) electrons. The molecular formula is C20H23NO2. The van der Waals surface area contributed by atoms with Crippen molar-refractivity contribution in [1.29, 1.82) is 0 Å². The number of fused-ring (bicyclic) bond motifs is 1. The predicted molar refractivity (Wildman–Crippen MR) is 90.9 cm³/mol. The van der Waals surface area contributed by atoms with Crippen LogP contribution in [0.15, 0.2) is 54.6 Å². The molecule has 0 spiro atoms. The second-order valence-electron chi connectivity index (χ2n) is 6.42. The van der Waals surface area contributed by atoms with E-state index in [0.29, 0.717) is 12.5 Å². The summed E-state index contributed by atoms with van der Waals surface area (Å²) < 4.78 is 6.14. The first-order valence-electron chi connectivity index (χ1n) is 8.22. The average molecular weight is 309 g/mol. The highest BCUT2D eigenvalue weighted by molar-refractivity contribution is 5.98. The van der Waals surface area contributed by atoms with Gasteiger partial charge >= 0.3 is 0 Å². The quantitative estimate of drug-likeness (QED) is 0.791. The predicted octanol–water partition coefficient (Wildman–Crippen LogP) is 4.40. The van der Waals surface area contributed by atoms with Crippen LogP contribution in [0.25, 0.3) is 0 Å². The number of rotatable bonds is 6. The van der Waals surface area contributed by atoms with E-state index in [9.17, 15) is 4.79 Å². The fraction of sp³-hybridized carbons (Fsp3) is 0.350. The van der Waals surface area contributed by atoms with Gasteiger partial charge in [0.1, 0.15) is 0 Å². The third kappa shape index (κ3) is 3.45. The summed E-state index contributed by atoms with van der Waals surface area (Å²) in [4.78, 5) is 14.5. The van der Waals surface area contributed by atoms with Crippen molar-refractivity contribution in [1.82, 2.24) is 4.90 Å². The van der Waals surface area contributed by atoms with Crippen molar-refractivity contribution in [3.63, 3.8) is 0 Å². The van der Waals surface area contributed by atoms with Crippen molar-refractivity contribution in [3.05, 3.63) is 71.3 Å². The molecule has 0 N–H and O–H groups in total. The summed E-state index contributed by atoms with van der Waals surface area (Å²) in [5.74, 6) is 0.639. The van der Waals surface area contributed by atoms with E-state index >= 15 is 0 Å². The zero-order valence-electron chi connectivity index (χ0n) is 13.7. The zero-order chi connectivity index (χ0) is 16.2. The normalized spacial score (nSPS) is 16.9. The summed E-state index contributed by atoms with van der Waals surface area (Å²) in [5, 5.41) is 0. The van der Waals surface area contributed by atoms with E-state index in [1.807, 2.05) is 59.5 Å². The fourth-order valence-corrected chi connectivity index (χ4v) is 2.88. The van der Waals surface area contributed by atoms with Gasteiger partial charge in [-0.25, -0.2) is 0 Å². The smallest absolute Gasteiger partial charge is 0.256 e. The molecule has 0 aromatic heterocycles. The van der Waals surface area contributed by atoms with Gasteiger partial charge in [0.2, 0.25) is 0 Å². The first-order valence-corrected chi connectivity index (χ1v) is 8.22. The molecule has 1 aliphatic rings. The second kappa shape index (κ2) is 6.97. The Bertz CT molecular complexity index is 666. The molecule has 0 fully saturated rings. The summed E-state index contributed by atoms with van der Waals surface area (Å²) in [5.41, 5.74) is 2.87. The fourth-order valence-electron chi connectivity index (χ4n) is 2.88. The molecule has 0 saturated carbocycles. The van der Waals surface area contributed by atoms with Crippen LogP contribution in [0.4, 0.5) is 0 Å². The number of benzene rings is 2. The maximum absolute atomic E-state index is 12.7. The molecule has 120 valence electrons. The van der Waals surface area contributed by atoms with Gasteiger partial charge in [-0.3, -0.25) is 4.79 Å². The maximum Gasteiger partial charge on any atom is 0.256 e. The SMILES string of the molecule is CC(C)CCN1C(=O)c2ccccc2C1OCc1ccccc1. The lowest BCUT2D eigenvalue weighted by atomic mass is 10.1. The van der Waals surface area contributed by atoms with Crippen LogP contribution in [-0.2, 0) is 11.3 Å². The van der Waals surface area contributed by atoms with Crippen LogP contribution < -0.4 is 0 Å². The van der Waals surface area contributed by atoms with Gasteiger partial charge in [0.15, 0.2) is 6.23 Å². The molecule has 1 aliphatic heterocycles. The highest BCUT2D eigenvalue weighted by atomic mass is 16.5. The summed E-state index contributed by atoms with van der Waals surface area (Å²) in [6.45, 7) is 5.58. The second-order valence-corrected chi connectivity index (χ2v) is 6.42. The lowest BCUT2D eigenvalue weighted by Crippen LogP contribution is -2.31. The van der Waals surface area contributed by atoms with Crippen molar-refractivity contribution < 1.29 is 9.53 Å². The van der Waals surface area contributed by atoms with E-state index in [4.69, 9.17) is 4.74 Å².